The van der Waals surface area contributed by atoms with Crippen LogP contribution in [0.25, 0.3) is 0 Å². The molecular weight excluding hydrogens is 352 g/mol. The van der Waals surface area contributed by atoms with Crippen LogP contribution in [0.4, 0.5) is 5.88 Å². The largest absolute Gasteiger partial charge is 0.508 e. The molecular formula is C23H20N2O3. The molecule has 0 saturated heterocycles. The molecule has 5 rings (SSSR count). The first-order valence-electron chi connectivity index (χ1n) is 9.45. The third kappa shape index (κ3) is 2.54. The molecule has 0 saturated carbocycles. The number of aromatic nitrogens is 1. The topological polar surface area (TPSA) is 75.4 Å². The molecule has 0 spiro atoms. The van der Waals surface area contributed by atoms with E-state index in [0.29, 0.717) is 18.7 Å². The lowest BCUT2D eigenvalue weighted by Gasteiger charge is -2.34. The number of carbonyl (C=O) groups is 1. The number of phenolic OH excluding ortho intramolecular Hbond substituents is 1. The van der Waals surface area contributed by atoms with Crippen LogP contribution in [0.1, 0.15) is 47.1 Å². The van der Waals surface area contributed by atoms with E-state index >= 15 is 0 Å². The van der Waals surface area contributed by atoms with Crippen molar-refractivity contribution in [1.82, 2.24) is 5.16 Å². The number of hydrogen-bond donors (Lipinski definition) is 2. The molecule has 0 bridgehead atoms. The van der Waals surface area contributed by atoms with Crippen LogP contribution in [0.2, 0.25) is 0 Å². The summed E-state index contributed by atoms with van der Waals surface area (Å²) >= 11 is 0. The van der Waals surface area contributed by atoms with Gasteiger partial charge in [-0.1, -0.05) is 53.7 Å². The minimum Gasteiger partial charge on any atom is -0.508 e. The number of rotatable bonds is 2. The average molecular weight is 372 g/mol. The number of anilines is 1. The lowest BCUT2D eigenvalue weighted by molar-refractivity contribution is -0.116. The average Bonchev–Trinajstić information content (AvgIpc) is 3.08. The van der Waals surface area contributed by atoms with Gasteiger partial charge in [-0.25, -0.2) is 0 Å². The maximum Gasteiger partial charge on any atom is 0.233 e. The number of ketones is 1. The molecule has 2 aromatic carbocycles. The standard InChI is InChI=1S/C23H20N2O3/c1-13-20-21(14-7-3-2-4-8-14)22-17(24-23(20)28-25-13)11-15(12-19(22)27)16-9-5-6-10-18(16)26/h2-10,15,21,24,26H,11-12H2,1H3. The van der Waals surface area contributed by atoms with Gasteiger partial charge in [0.1, 0.15) is 5.75 Å². The fourth-order valence-electron chi connectivity index (χ4n) is 4.50. The molecule has 1 aliphatic carbocycles. The van der Waals surface area contributed by atoms with Crippen LogP contribution in [-0.4, -0.2) is 16.0 Å². The summed E-state index contributed by atoms with van der Waals surface area (Å²) in [5, 5.41) is 17.7. The minimum atomic E-state index is -0.184. The Morgan fingerprint density at radius 1 is 1.07 bits per heavy atom. The van der Waals surface area contributed by atoms with Gasteiger partial charge in [-0.2, -0.15) is 0 Å². The van der Waals surface area contributed by atoms with Crippen LogP contribution >= 0.6 is 0 Å². The molecule has 5 heteroatoms. The number of hydrogen-bond acceptors (Lipinski definition) is 5. The van der Waals surface area contributed by atoms with E-state index in [1.807, 2.05) is 49.4 Å². The molecule has 5 nitrogen and oxygen atoms in total. The van der Waals surface area contributed by atoms with Crippen molar-refractivity contribution in [3.8, 4) is 5.75 Å². The van der Waals surface area contributed by atoms with Gasteiger partial charge in [-0.15, -0.1) is 0 Å². The second-order valence-electron chi connectivity index (χ2n) is 7.46. The Hall–Kier alpha value is -3.34. The Labute approximate surface area is 162 Å². The SMILES string of the molecule is Cc1noc2c1C(c1ccccc1)C1=C(CC(c3ccccc3O)CC1=O)N2. The van der Waals surface area contributed by atoms with E-state index in [9.17, 15) is 9.90 Å². The summed E-state index contributed by atoms with van der Waals surface area (Å²) in [6.45, 7) is 1.91. The highest BCUT2D eigenvalue weighted by Gasteiger charge is 2.41. The van der Waals surface area contributed by atoms with Crippen LogP contribution < -0.4 is 5.32 Å². The number of fused-ring (bicyclic) bond motifs is 1. The monoisotopic (exact) mass is 372 g/mol. The fourth-order valence-corrected chi connectivity index (χ4v) is 4.50. The number of phenols is 1. The number of benzene rings is 2. The van der Waals surface area contributed by atoms with Crippen molar-refractivity contribution in [2.24, 2.45) is 0 Å². The number of para-hydroxylation sites is 1. The number of carbonyl (C=O) groups excluding carboxylic acids is 1. The quantitative estimate of drug-likeness (QED) is 0.685. The lowest BCUT2D eigenvalue weighted by Crippen LogP contribution is -2.29. The summed E-state index contributed by atoms with van der Waals surface area (Å²) in [4.78, 5) is 13.3. The summed E-state index contributed by atoms with van der Waals surface area (Å²) in [6.07, 6.45) is 1.02. The number of nitrogens with one attached hydrogen (secondary N) is 1. The van der Waals surface area contributed by atoms with E-state index in [2.05, 4.69) is 10.5 Å². The van der Waals surface area contributed by atoms with E-state index < -0.39 is 0 Å². The van der Waals surface area contributed by atoms with Crippen LogP contribution in [0.15, 0.2) is 70.4 Å². The summed E-state index contributed by atoms with van der Waals surface area (Å²) in [5.74, 6) is 0.687. The minimum absolute atomic E-state index is 0.0676. The van der Waals surface area contributed by atoms with E-state index in [1.54, 1.807) is 12.1 Å². The highest BCUT2D eigenvalue weighted by Crippen LogP contribution is 2.49. The summed E-state index contributed by atoms with van der Waals surface area (Å²) in [5.41, 5.74) is 5.23. The number of nitrogens with zero attached hydrogens (tertiary/aromatic N) is 1. The molecule has 0 amide bonds. The Morgan fingerprint density at radius 3 is 2.61 bits per heavy atom. The van der Waals surface area contributed by atoms with Crippen molar-refractivity contribution in [2.75, 3.05) is 5.32 Å². The number of aromatic hydroxyl groups is 1. The predicted molar refractivity (Wildman–Crippen MR) is 105 cm³/mol. The zero-order valence-electron chi connectivity index (χ0n) is 15.5. The third-order valence-corrected chi connectivity index (χ3v) is 5.77. The van der Waals surface area contributed by atoms with Gasteiger partial charge < -0.3 is 14.9 Å². The molecule has 2 N–H and O–H groups in total. The van der Waals surface area contributed by atoms with Crippen molar-refractivity contribution < 1.29 is 14.4 Å². The molecule has 3 aromatic rings. The smallest absolute Gasteiger partial charge is 0.233 e. The summed E-state index contributed by atoms with van der Waals surface area (Å²) < 4.78 is 5.53. The first kappa shape index (κ1) is 16.8. The van der Waals surface area contributed by atoms with Gasteiger partial charge in [0.2, 0.25) is 5.88 Å². The van der Waals surface area contributed by atoms with E-state index in [-0.39, 0.29) is 23.4 Å². The molecule has 0 fully saturated rings. The van der Waals surface area contributed by atoms with Crippen molar-refractivity contribution in [1.29, 1.82) is 0 Å². The van der Waals surface area contributed by atoms with Crippen LogP contribution in [0.5, 0.6) is 5.75 Å². The third-order valence-electron chi connectivity index (χ3n) is 5.77. The van der Waals surface area contributed by atoms with Gasteiger partial charge in [0.05, 0.1) is 11.3 Å². The zero-order chi connectivity index (χ0) is 19.3. The second kappa shape index (κ2) is 6.37. The normalized spacial score (nSPS) is 21.1. The maximum absolute atomic E-state index is 13.3. The Morgan fingerprint density at radius 2 is 1.82 bits per heavy atom. The summed E-state index contributed by atoms with van der Waals surface area (Å²) in [6, 6.07) is 17.3. The Bertz CT molecular complexity index is 1100. The molecule has 2 aliphatic rings. The summed E-state index contributed by atoms with van der Waals surface area (Å²) in [7, 11) is 0. The molecule has 140 valence electrons. The highest BCUT2D eigenvalue weighted by atomic mass is 16.5. The molecule has 28 heavy (non-hydrogen) atoms. The molecule has 1 aromatic heterocycles. The first-order chi connectivity index (χ1) is 13.6. The molecule has 2 heterocycles. The van der Waals surface area contributed by atoms with Crippen LogP contribution in [0, 0.1) is 6.92 Å². The fraction of sp³-hybridized carbons (Fsp3) is 0.217. The van der Waals surface area contributed by atoms with E-state index in [0.717, 1.165) is 33.7 Å². The van der Waals surface area contributed by atoms with Gasteiger partial charge in [0, 0.05) is 29.5 Å². The second-order valence-corrected chi connectivity index (χ2v) is 7.46. The molecule has 1 aliphatic heterocycles. The highest BCUT2D eigenvalue weighted by molar-refractivity contribution is 6.01. The first-order valence-corrected chi connectivity index (χ1v) is 9.45. The maximum atomic E-state index is 13.3. The predicted octanol–water partition coefficient (Wildman–Crippen LogP) is 4.65. The number of allylic oxidation sites excluding steroid dienone is 2. The Kier molecular flexibility index (Phi) is 3.83. The van der Waals surface area contributed by atoms with E-state index in [4.69, 9.17) is 4.52 Å². The van der Waals surface area contributed by atoms with Crippen LogP contribution in [-0.2, 0) is 4.79 Å². The molecule has 2 unspecified atom stereocenters. The molecule has 2 atom stereocenters. The lowest BCUT2D eigenvalue weighted by atomic mass is 9.72. The van der Waals surface area contributed by atoms with Gasteiger partial charge in [-0.3, -0.25) is 4.79 Å². The van der Waals surface area contributed by atoms with E-state index in [1.165, 1.54) is 0 Å². The van der Waals surface area contributed by atoms with Gasteiger partial charge in [0.15, 0.2) is 5.78 Å². The Balaban J connectivity index is 1.63. The van der Waals surface area contributed by atoms with Gasteiger partial charge >= 0.3 is 0 Å². The van der Waals surface area contributed by atoms with Crippen molar-refractivity contribution in [2.45, 2.75) is 31.6 Å². The van der Waals surface area contributed by atoms with Crippen LogP contribution in [0.3, 0.4) is 0 Å². The zero-order valence-corrected chi connectivity index (χ0v) is 15.5. The number of Topliss-reactive ketones (excluding diaryl/α,β-unsaturated/α-hetero) is 1. The molecule has 0 radical (unpaired) electrons. The van der Waals surface area contributed by atoms with Crippen molar-refractivity contribution >= 4 is 11.7 Å². The van der Waals surface area contributed by atoms with Crippen molar-refractivity contribution in [3.63, 3.8) is 0 Å². The van der Waals surface area contributed by atoms with Gasteiger partial charge in [0.25, 0.3) is 0 Å². The van der Waals surface area contributed by atoms with Gasteiger partial charge in [-0.05, 0) is 30.5 Å². The number of aryl methyl sites for hydroxylation is 1. The van der Waals surface area contributed by atoms with Crippen molar-refractivity contribution in [3.05, 3.63) is 88.3 Å².